The molecule has 6 N–H and O–H groups in total. The number of aromatic nitrogens is 1. The van der Waals surface area contributed by atoms with Gasteiger partial charge in [-0.15, -0.1) is 0 Å². The highest BCUT2D eigenvalue weighted by molar-refractivity contribution is 6.01. The maximum Gasteiger partial charge on any atom is 0.317 e. The molecule has 8 heteroatoms. The third kappa shape index (κ3) is 2.00. The monoisotopic (exact) mass is 299 g/mol. The molecule has 1 saturated heterocycles. The lowest BCUT2D eigenvalue weighted by Crippen LogP contribution is -2.23. The average Bonchev–Trinajstić information content (AvgIpc) is 3.02. The van der Waals surface area contributed by atoms with Crippen LogP contribution in [0.5, 0.6) is 0 Å². The predicted molar refractivity (Wildman–Crippen MR) is 76.5 cm³/mol. The van der Waals surface area contributed by atoms with Gasteiger partial charge in [0.05, 0.1) is 24.0 Å². The van der Waals surface area contributed by atoms with Gasteiger partial charge in [0, 0.05) is 5.69 Å². The van der Waals surface area contributed by atoms with Crippen LogP contribution in [-0.4, -0.2) is 22.5 Å². The highest BCUT2D eigenvalue weighted by Gasteiger charge is 2.59. The molecule has 0 aromatic carbocycles. The van der Waals surface area contributed by atoms with Crippen LogP contribution in [0.25, 0.3) is 0 Å². The molecular weight excluding hydrogens is 286 g/mol. The number of hydrogen-bond acceptors (Lipinski definition) is 4. The molecule has 3 rings (SSSR count). The van der Waals surface area contributed by atoms with E-state index in [9.17, 15) is 9.59 Å². The summed E-state index contributed by atoms with van der Waals surface area (Å²) in [6, 6.07) is 2.82. The summed E-state index contributed by atoms with van der Waals surface area (Å²) in [6.07, 6.45) is 5.65. The number of nitrogens with two attached hydrogens (primary N) is 2. The minimum Gasteiger partial charge on any atom is -0.477 e. The van der Waals surface area contributed by atoms with Crippen LogP contribution in [0.15, 0.2) is 30.1 Å². The number of nitrogens with one attached hydrogen (secondary N) is 2. The molecule has 1 aliphatic carbocycles. The number of ether oxygens (including phenoxy) is 1. The highest BCUT2D eigenvalue weighted by atomic mass is 16.6. The summed E-state index contributed by atoms with van der Waals surface area (Å²) in [5.74, 6) is -0.130. The quantitative estimate of drug-likeness (QED) is 0.608. The second kappa shape index (κ2) is 4.66. The van der Waals surface area contributed by atoms with Gasteiger partial charge in [-0.3, -0.25) is 10.1 Å². The zero-order valence-electron chi connectivity index (χ0n) is 11.4. The molecule has 1 aromatic heterocycles. The van der Waals surface area contributed by atoms with Gasteiger partial charge >= 0.3 is 6.03 Å². The maximum atomic E-state index is 11.5. The lowest BCUT2D eigenvalue weighted by molar-refractivity contribution is 0.100. The van der Waals surface area contributed by atoms with E-state index in [2.05, 4.69) is 16.4 Å². The molecular formula is C14H13N5O3. The van der Waals surface area contributed by atoms with Crippen molar-refractivity contribution in [3.8, 4) is 6.07 Å². The van der Waals surface area contributed by atoms with Gasteiger partial charge in [-0.2, -0.15) is 5.26 Å². The molecule has 1 aliphatic heterocycles. The van der Waals surface area contributed by atoms with Crippen LogP contribution in [0, 0.1) is 11.3 Å². The van der Waals surface area contributed by atoms with Gasteiger partial charge in [-0.05, 0) is 12.1 Å². The molecule has 2 aliphatic rings. The van der Waals surface area contributed by atoms with Crippen molar-refractivity contribution in [3.05, 3.63) is 41.3 Å². The minimum atomic E-state index is -0.815. The number of rotatable bonds is 4. The summed E-state index contributed by atoms with van der Waals surface area (Å²) in [6.45, 7) is 0. The second-order valence-corrected chi connectivity index (χ2v) is 5.09. The summed E-state index contributed by atoms with van der Waals surface area (Å²) < 4.78 is 5.59. The van der Waals surface area contributed by atoms with Crippen molar-refractivity contribution in [2.75, 3.05) is 5.32 Å². The van der Waals surface area contributed by atoms with E-state index in [0.29, 0.717) is 5.69 Å². The number of epoxide rings is 1. The molecule has 22 heavy (non-hydrogen) atoms. The van der Waals surface area contributed by atoms with E-state index in [1.807, 2.05) is 12.2 Å². The molecule has 2 atom stereocenters. The number of amides is 3. The summed E-state index contributed by atoms with van der Waals surface area (Å²) in [7, 11) is 0. The number of H-pyrrole nitrogens is 1. The summed E-state index contributed by atoms with van der Waals surface area (Å²) in [4.78, 5) is 25.4. The second-order valence-electron chi connectivity index (χ2n) is 5.09. The van der Waals surface area contributed by atoms with Crippen LogP contribution in [-0.2, 0) is 4.74 Å². The van der Waals surface area contributed by atoms with Gasteiger partial charge < -0.3 is 21.2 Å². The number of anilines is 1. The summed E-state index contributed by atoms with van der Waals surface area (Å²) in [5, 5.41) is 11.3. The zero-order valence-corrected chi connectivity index (χ0v) is 11.4. The Morgan fingerprint density at radius 3 is 2.91 bits per heavy atom. The zero-order chi connectivity index (χ0) is 15.9. The van der Waals surface area contributed by atoms with Gasteiger partial charge in [-0.25, -0.2) is 4.79 Å². The molecule has 3 amide bonds. The normalized spacial score (nSPS) is 24.5. The van der Waals surface area contributed by atoms with E-state index in [0.717, 1.165) is 5.76 Å². The van der Waals surface area contributed by atoms with E-state index in [-0.39, 0.29) is 23.7 Å². The Hall–Kier alpha value is -3.21. The third-order valence-corrected chi connectivity index (χ3v) is 3.75. The predicted octanol–water partition coefficient (Wildman–Crippen LogP) is 0.824. The smallest absolute Gasteiger partial charge is 0.317 e. The Morgan fingerprint density at radius 1 is 1.50 bits per heavy atom. The molecule has 8 nitrogen and oxygen atoms in total. The van der Waals surface area contributed by atoms with Gasteiger partial charge in [0.25, 0.3) is 5.91 Å². The number of nitriles is 1. The number of hydrogen-bond donors (Lipinski definition) is 4. The number of allylic oxidation sites excluding steroid dienone is 2. The Bertz CT molecular complexity index is 770. The number of primary amides is 2. The molecule has 1 fully saturated rings. The molecule has 0 radical (unpaired) electrons. The molecule has 2 heterocycles. The van der Waals surface area contributed by atoms with E-state index in [4.69, 9.17) is 21.5 Å². The Labute approximate surface area is 125 Å². The Balaban J connectivity index is 2.00. The van der Waals surface area contributed by atoms with Crippen molar-refractivity contribution < 1.29 is 14.3 Å². The van der Waals surface area contributed by atoms with E-state index in [1.165, 1.54) is 6.07 Å². The van der Waals surface area contributed by atoms with Gasteiger partial charge in [0.1, 0.15) is 11.6 Å². The van der Waals surface area contributed by atoms with Crippen LogP contribution in [0.4, 0.5) is 10.6 Å². The number of nitrogens with zero attached hydrogens (tertiary/aromatic N) is 1. The van der Waals surface area contributed by atoms with E-state index in [1.54, 1.807) is 6.08 Å². The first-order valence-corrected chi connectivity index (χ1v) is 6.52. The topological polar surface area (TPSA) is 150 Å². The van der Waals surface area contributed by atoms with Crippen molar-refractivity contribution >= 4 is 17.8 Å². The number of urea groups is 1. The van der Waals surface area contributed by atoms with Crippen molar-refractivity contribution in [1.29, 1.82) is 5.26 Å². The van der Waals surface area contributed by atoms with Gasteiger partial charge in [0.15, 0.2) is 5.60 Å². The van der Waals surface area contributed by atoms with E-state index < -0.39 is 17.5 Å². The summed E-state index contributed by atoms with van der Waals surface area (Å²) in [5.41, 5.74) is 10.4. The van der Waals surface area contributed by atoms with Crippen molar-refractivity contribution in [2.24, 2.45) is 11.5 Å². The fourth-order valence-electron chi connectivity index (χ4n) is 2.74. The van der Waals surface area contributed by atoms with Crippen molar-refractivity contribution in [1.82, 2.24) is 4.98 Å². The largest absolute Gasteiger partial charge is 0.477 e. The number of carbonyl (C=O) groups excluding carboxylic acids is 2. The highest BCUT2D eigenvalue weighted by Crippen LogP contribution is 2.56. The first-order chi connectivity index (χ1) is 10.5. The number of carbonyl (C=O) groups is 2. The van der Waals surface area contributed by atoms with Crippen molar-refractivity contribution in [2.45, 2.75) is 17.9 Å². The molecule has 0 saturated carbocycles. The Kier molecular flexibility index (Phi) is 2.92. The number of fused-ring (bicyclic) bond motifs is 1. The molecule has 2 unspecified atom stereocenters. The fourth-order valence-corrected chi connectivity index (χ4v) is 2.74. The third-order valence-electron chi connectivity index (χ3n) is 3.75. The minimum absolute atomic E-state index is 0.117. The Morgan fingerprint density at radius 2 is 2.27 bits per heavy atom. The van der Waals surface area contributed by atoms with Crippen LogP contribution in [0.3, 0.4) is 0 Å². The van der Waals surface area contributed by atoms with Crippen LogP contribution in [0.1, 0.15) is 28.4 Å². The van der Waals surface area contributed by atoms with E-state index >= 15 is 0 Å². The lowest BCUT2D eigenvalue weighted by Gasteiger charge is -2.17. The fraction of sp³-hybridized carbons (Fsp3) is 0.214. The van der Waals surface area contributed by atoms with Crippen molar-refractivity contribution in [3.63, 3.8) is 0 Å². The molecule has 112 valence electrons. The molecule has 1 aromatic rings. The molecule has 0 bridgehead atoms. The van der Waals surface area contributed by atoms with Crippen LogP contribution >= 0.6 is 0 Å². The SMILES string of the molecule is N#CCC12OC1=CC=CC2c1cc(C(N)=O)c(NC(N)=O)[nH]1. The van der Waals surface area contributed by atoms with Crippen LogP contribution in [0.2, 0.25) is 0 Å². The maximum absolute atomic E-state index is 11.5. The first-order valence-electron chi connectivity index (χ1n) is 6.52. The molecule has 0 spiro atoms. The lowest BCUT2D eigenvalue weighted by atomic mass is 9.83. The van der Waals surface area contributed by atoms with Crippen LogP contribution < -0.4 is 16.8 Å². The standard InChI is InChI=1S/C14H13N5O3/c15-5-4-14-8(2-1-3-10(14)22-14)9-6-7(11(16)20)12(18-9)19-13(17)21/h1-3,6,8,18H,4H2,(H2,16,20)(H3,17,19,21). The van der Waals surface area contributed by atoms with Gasteiger partial charge in [-0.1, -0.05) is 12.2 Å². The summed E-state index contributed by atoms with van der Waals surface area (Å²) >= 11 is 0. The average molecular weight is 299 g/mol. The first kappa shape index (κ1) is 13.8. The number of aromatic amines is 1. The van der Waals surface area contributed by atoms with Gasteiger partial charge in [0.2, 0.25) is 0 Å².